The largest absolute Gasteiger partial charge is 0.417 e. The van der Waals surface area contributed by atoms with Gasteiger partial charge in [0.2, 0.25) is 0 Å². The zero-order valence-corrected chi connectivity index (χ0v) is 17.7. The van der Waals surface area contributed by atoms with Gasteiger partial charge in [-0.2, -0.15) is 13.2 Å². The van der Waals surface area contributed by atoms with E-state index in [4.69, 9.17) is 23.8 Å². The fraction of sp³-hybridized carbons (Fsp3) is 0.182. The molecule has 0 saturated heterocycles. The van der Waals surface area contributed by atoms with E-state index in [9.17, 15) is 13.2 Å². The van der Waals surface area contributed by atoms with Gasteiger partial charge in [0.25, 0.3) is 0 Å². The quantitative estimate of drug-likeness (QED) is 0.452. The van der Waals surface area contributed by atoms with E-state index in [1.165, 1.54) is 12.1 Å². The Bertz CT molecular complexity index is 1010. The lowest BCUT2D eigenvalue weighted by molar-refractivity contribution is -0.137. The second-order valence-electron chi connectivity index (χ2n) is 6.82. The lowest BCUT2D eigenvalue weighted by Crippen LogP contribution is -2.33. The van der Waals surface area contributed by atoms with Crippen LogP contribution in [0.1, 0.15) is 22.3 Å². The summed E-state index contributed by atoms with van der Waals surface area (Å²) in [4.78, 5) is 5.95. The van der Waals surface area contributed by atoms with E-state index in [1.54, 1.807) is 12.4 Å². The highest BCUT2D eigenvalue weighted by Crippen LogP contribution is 2.35. The van der Waals surface area contributed by atoms with Crippen LogP contribution in [0.4, 0.5) is 18.9 Å². The second-order valence-corrected chi connectivity index (χ2v) is 7.61. The molecule has 3 rings (SSSR count). The Labute approximate surface area is 183 Å². The highest BCUT2D eigenvalue weighted by Gasteiger charge is 2.33. The number of hydrogen-bond donors (Lipinski definition) is 1. The van der Waals surface area contributed by atoms with Gasteiger partial charge in [0.05, 0.1) is 10.6 Å². The molecule has 3 aromatic rings. The molecule has 0 aliphatic carbocycles. The number of rotatable bonds is 5. The molecule has 0 radical (unpaired) electrons. The van der Waals surface area contributed by atoms with Crippen molar-refractivity contribution in [2.75, 3.05) is 5.32 Å². The molecule has 1 aromatic heterocycles. The van der Waals surface area contributed by atoms with E-state index in [2.05, 4.69) is 10.3 Å². The third-order valence-electron chi connectivity index (χ3n) is 4.43. The first-order valence-corrected chi connectivity index (χ1v) is 9.88. The Morgan fingerprint density at radius 2 is 1.60 bits per heavy atom. The Morgan fingerprint density at radius 3 is 2.17 bits per heavy atom. The standard InChI is InChI=1S/C22H19ClF3N3S/c1-15-2-4-16(5-3-15)13-29(14-17-8-10-27-11-9-17)21(30)28-18-6-7-19(20(23)12-18)22(24,25)26/h2-12H,13-14H2,1H3,(H,28,30). The highest BCUT2D eigenvalue weighted by atomic mass is 35.5. The molecule has 2 aromatic carbocycles. The molecule has 0 bridgehead atoms. The first-order chi connectivity index (χ1) is 14.2. The number of hydrogen-bond acceptors (Lipinski definition) is 2. The van der Waals surface area contributed by atoms with Gasteiger partial charge in [-0.25, -0.2) is 0 Å². The summed E-state index contributed by atoms with van der Waals surface area (Å²) in [5.74, 6) is 0. The number of thiocarbonyl (C=S) groups is 1. The molecule has 0 aliphatic rings. The van der Waals surface area contributed by atoms with Crippen LogP contribution in [0.5, 0.6) is 0 Å². The van der Waals surface area contributed by atoms with Crippen LogP contribution in [-0.2, 0) is 19.3 Å². The van der Waals surface area contributed by atoms with Crippen molar-refractivity contribution in [3.8, 4) is 0 Å². The topological polar surface area (TPSA) is 28.2 Å². The average molecular weight is 450 g/mol. The smallest absolute Gasteiger partial charge is 0.340 e. The van der Waals surface area contributed by atoms with Gasteiger partial charge in [-0.15, -0.1) is 0 Å². The molecule has 8 heteroatoms. The Balaban J connectivity index is 1.80. The molecule has 156 valence electrons. The molecule has 0 atom stereocenters. The molecule has 0 saturated carbocycles. The summed E-state index contributed by atoms with van der Waals surface area (Å²) in [6, 6.07) is 15.3. The van der Waals surface area contributed by atoms with Crippen LogP contribution in [0.2, 0.25) is 5.02 Å². The third kappa shape index (κ3) is 5.93. The number of aromatic nitrogens is 1. The first-order valence-electron chi connectivity index (χ1n) is 9.09. The number of nitrogens with zero attached hydrogens (tertiary/aromatic N) is 2. The van der Waals surface area contributed by atoms with Crippen LogP contribution in [0.15, 0.2) is 67.0 Å². The number of anilines is 1. The van der Waals surface area contributed by atoms with Gasteiger partial charge in [-0.1, -0.05) is 41.4 Å². The van der Waals surface area contributed by atoms with Gasteiger partial charge >= 0.3 is 6.18 Å². The summed E-state index contributed by atoms with van der Waals surface area (Å²) in [6.45, 7) is 3.05. The molecule has 0 spiro atoms. The zero-order chi connectivity index (χ0) is 21.7. The van der Waals surface area contributed by atoms with Crippen LogP contribution in [0.25, 0.3) is 0 Å². The molecule has 30 heavy (non-hydrogen) atoms. The van der Waals surface area contributed by atoms with Crippen molar-refractivity contribution in [3.05, 3.63) is 94.3 Å². The van der Waals surface area contributed by atoms with Crippen molar-refractivity contribution in [1.82, 2.24) is 9.88 Å². The Hall–Kier alpha value is -2.64. The van der Waals surface area contributed by atoms with Crippen LogP contribution in [-0.4, -0.2) is 15.0 Å². The summed E-state index contributed by atoms with van der Waals surface area (Å²) < 4.78 is 38.8. The van der Waals surface area contributed by atoms with Gasteiger partial charge in [0, 0.05) is 31.2 Å². The minimum atomic E-state index is -4.51. The second kappa shape index (κ2) is 9.45. The maximum atomic E-state index is 12.9. The fourth-order valence-electron chi connectivity index (χ4n) is 2.85. The lowest BCUT2D eigenvalue weighted by atomic mass is 10.1. The minimum absolute atomic E-state index is 0.378. The molecule has 0 aliphatic heterocycles. The van der Waals surface area contributed by atoms with E-state index < -0.39 is 11.7 Å². The number of aryl methyl sites for hydroxylation is 1. The maximum Gasteiger partial charge on any atom is 0.417 e. The lowest BCUT2D eigenvalue weighted by Gasteiger charge is -2.26. The molecular weight excluding hydrogens is 431 g/mol. The number of nitrogens with one attached hydrogen (secondary N) is 1. The summed E-state index contributed by atoms with van der Waals surface area (Å²) in [7, 11) is 0. The normalized spacial score (nSPS) is 11.2. The van der Waals surface area contributed by atoms with Crippen molar-refractivity contribution < 1.29 is 13.2 Å². The predicted octanol–water partition coefficient (Wildman–Crippen LogP) is 6.46. The van der Waals surface area contributed by atoms with Crippen molar-refractivity contribution in [2.24, 2.45) is 0 Å². The van der Waals surface area contributed by atoms with Crippen LogP contribution in [0.3, 0.4) is 0 Å². The number of benzene rings is 2. The fourth-order valence-corrected chi connectivity index (χ4v) is 3.38. The predicted molar refractivity (Wildman–Crippen MR) is 117 cm³/mol. The number of pyridine rings is 1. The van der Waals surface area contributed by atoms with Gasteiger partial charge in [0.15, 0.2) is 5.11 Å². The molecule has 0 unspecified atom stereocenters. The molecule has 1 N–H and O–H groups in total. The zero-order valence-electron chi connectivity index (χ0n) is 16.1. The number of alkyl halides is 3. The van der Waals surface area contributed by atoms with E-state index in [-0.39, 0.29) is 5.02 Å². The van der Waals surface area contributed by atoms with Crippen molar-refractivity contribution in [3.63, 3.8) is 0 Å². The van der Waals surface area contributed by atoms with Gasteiger partial charge < -0.3 is 10.2 Å². The van der Waals surface area contributed by atoms with E-state index in [1.807, 2.05) is 48.2 Å². The van der Waals surface area contributed by atoms with E-state index in [0.717, 1.165) is 22.8 Å². The monoisotopic (exact) mass is 449 g/mol. The molecular formula is C22H19ClF3N3S. The molecule has 0 fully saturated rings. The Morgan fingerprint density at radius 1 is 1.00 bits per heavy atom. The maximum absolute atomic E-state index is 12.9. The third-order valence-corrected chi connectivity index (χ3v) is 5.10. The summed E-state index contributed by atoms with van der Waals surface area (Å²) in [5.41, 5.74) is 2.73. The minimum Gasteiger partial charge on any atom is -0.340 e. The van der Waals surface area contributed by atoms with Crippen LogP contribution >= 0.6 is 23.8 Å². The highest BCUT2D eigenvalue weighted by molar-refractivity contribution is 7.80. The van der Waals surface area contributed by atoms with Crippen molar-refractivity contribution in [2.45, 2.75) is 26.2 Å². The average Bonchev–Trinajstić information content (AvgIpc) is 2.69. The van der Waals surface area contributed by atoms with Crippen LogP contribution < -0.4 is 5.32 Å². The SMILES string of the molecule is Cc1ccc(CN(Cc2ccncc2)C(=S)Nc2ccc(C(F)(F)F)c(Cl)c2)cc1. The molecule has 3 nitrogen and oxygen atoms in total. The van der Waals surface area contributed by atoms with E-state index in [0.29, 0.717) is 23.9 Å². The van der Waals surface area contributed by atoms with Crippen molar-refractivity contribution in [1.29, 1.82) is 0 Å². The first kappa shape index (κ1) is 22.1. The van der Waals surface area contributed by atoms with E-state index >= 15 is 0 Å². The van der Waals surface area contributed by atoms with Gasteiger partial charge in [-0.3, -0.25) is 4.98 Å². The van der Waals surface area contributed by atoms with Crippen LogP contribution in [0, 0.1) is 6.92 Å². The summed E-state index contributed by atoms with van der Waals surface area (Å²) in [5, 5.41) is 3.00. The van der Waals surface area contributed by atoms with Crippen molar-refractivity contribution >= 4 is 34.6 Å². The number of halogens is 4. The molecule has 1 heterocycles. The van der Waals surface area contributed by atoms with Gasteiger partial charge in [0.1, 0.15) is 0 Å². The molecule has 0 amide bonds. The Kier molecular flexibility index (Phi) is 6.95. The summed E-state index contributed by atoms with van der Waals surface area (Å²) >= 11 is 11.4. The van der Waals surface area contributed by atoms with Gasteiger partial charge in [-0.05, 0) is 60.6 Å². The summed E-state index contributed by atoms with van der Waals surface area (Å²) in [6.07, 6.45) is -1.11.